The second kappa shape index (κ2) is 5.55. The Labute approximate surface area is 101 Å². The van der Waals surface area contributed by atoms with Crippen LogP contribution in [0.25, 0.3) is 0 Å². The van der Waals surface area contributed by atoms with Gasteiger partial charge in [0.2, 0.25) is 0 Å². The molecule has 102 valence electrons. The predicted octanol–water partition coefficient (Wildman–Crippen LogP) is 1.10. The van der Waals surface area contributed by atoms with Crippen LogP contribution in [-0.4, -0.2) is 35.1 Å². The van der Waals surface area contributed by atoms with Crippen molar-refractivity contribution in [1.29, 1.82) is 0 Å². The molecule has 0 radical (unpaired) electrons. The lowest BCUT2D eigenvalue weighted by atomic mass is 10.0. The monoisotopic (exact) mass is 266 g/mol. The van der Waals surface area contributed by atoms with E-state index in [1.165, 1.54) is 13.2 Å². The zero-order valence-electron chi connectivity index (χ0n) is 9.48. The summed E-state index contributed by atoms with van der Waals surface area (Å²) in [4.78, 5) is 0. The van der Waals surface area contributed by atoms with Crippen LogP contribution in [0, 0.1) is 0 Å². The van der Waals surface area contributed by atoms with E-state index in [1.54, 1.807) is 0 Å². The standard InChI is InChI=1S/C11H13F3O4/c1-18-8-3-6(10(17)9(16)5-15)2-7(4-8)11(12,13)14/h2-4,9-10,15-17H,5H2,1H3. The normalized spacial score (nSPS) is 15.3. The maximum Gasteiger partial charge on any atom is 0.416 e. The molecule has 0 saturated heterocycles. The van der Waals surface area contributed by atoms with Crippen molar-refractivity contribution in [2.24, 2.45) is 0 Å². The highest BCUT2D eigenvalue weighted by molar-refractivity contribution is 5.37. The minimum atomic E-state index is -4.59. The first kappa shape index (κ1) is 14.7. The number of aliphatic hydroxyl groups is 3. The lowest BCUT2D eigenvalue weighted by Gasteiger charge is -2.18. The highest BCUT2D eigenvalue weighted by Crippen LogP contribution is 2.34. The van der Waals surface area contributed by atoms with E-state index in [9.17, 15) is 23.4 Å². The molecule has 0 bridgehead atoms. The van der Waals surface area contributed by atoms with Gasteiger partial charge in [0.15, 0.2) is 0 Å². The van der Waals surface area contributed by atoms with Gasteiger partial charge in [0.05, 0.1) is 19.3 Å². The van der Waals surface area contributed by atoms with Crippen molar-refractivity contribution in [3.8, 4) is 5.75 Å². The van der Waals surface area contributed by atoms with Crippen LogP contribution in [0.3, 0.4) is 0 Å². The van der Waals surface area contributed by atoms with Crippen LogP contribution >= 0.6 is 0 Å². The summed E-state index contributed by atoms with van der Waals surface area (Å²) in [5.74, 6) is -0.0935. The Morgan fingerprint density at radius 1 is 1.22 bits per heavy atom. The first-order chi connectivity index (χ1) is 8.29. The maximum absolute atomic E-state index is 12.6. The molecule has 0 heterocycles. The van der Waals surface area contributed by atoms with E-state index in [-0.39, 0.29) is 11.3 Å². The highest BCUT2D eigenvalue weighted by atomic mass is 19.4. The Kier molecular flexibility index (Phi) is 4.55. The molecule has 0 fully saturated rings. The van der Waals surface area contributed by atoms with Crippen LogP contribution in [0.4, 0.5) is 13.2 Å². The summed E-state index contributed by atoms with van der Waals surface area (Å²) in [7, 11) is 1.19. The Morgan fingerprint density at radius 3 is 2.28 bits per heavy atom. The van der Waals surface area contributed by atoms with Gasteiger partial charge in [-0.25, -0.2) is 0 Å². The highest BCUT2D eigenvalue weighted by Gasteiger charge is 2.32. The minimum absolute atomic E-state index is 0.0935. The molecule has 0 amide bonds. The SMILES string of the molecule is COc1cc(C(O)C(O)CO)cc(C(F)(F)F)c1. The third-order valence-electron chi connectivity index (χ3n) is 2.38. The van der Waals surface area contributed by atoms with Gasteiger partial charge in [0.25, 0.3) is 0 Å². The zero-order chi connectivity index (χ0) is 13.9. The lowest BCUT2D eigenvalue weighted by molar-refractivity contribution is -0.137. The van der Waals surface area contributed by atoms with Crippen LogP contribution < -0.4 is 4.74 Å². The Morgan fingerprint density at radius 2 is 1.83 bits per heavy atom. The van der Waals surface area contributed by atoms with Crippen molar-refractivity contribution in [1.82, 2.24) is 0 Å². The molecular formula is C11H13F3O4. The van der Waals surface area contributed by atoms with Gasteiger partial charge < -0.3 is 20.1 Å². The first-order valence-corrected chi connectivity index (χ1v) is 5.02. The molecule has 1 rings (SSSR count). The molecule has 18 heavy (non-hydrogen) atoms. The smallest absolute Gasteiger partial charge is 0.416 e. The molecule has 0 aliphatic heterocycles. The second-order valence-electron chi connectivity index (χ2n) is 3.69. The summed E-state index contributed by atoms with van der Waals surface area (Å²) in [6, 6.07) is 2.65. The minimum Gasteiger partial charge on any atom is -0.497 e. The summed E-state index contributed by atoms with van der Waals surface area (Å²) in [5, 5.41) is 27.4. The van der Waals surface area contributed by atoms with Gasteiger partial charge in [-0.05, 0) is 23.8 Å². The van der Waals surface area contributed by atoms with E-state index in [0.29, 0.717) is 6.07 Å². The van der Waals surface area contributed by atoms with E-state index in [0.717, 1.165) is 6.07 Å². The van der Waals surface area contributed by atoms with Gasteiger partial charge in [-0.15, -0.1) is 0 Å². The molecule has 2 atom stereocenters. The van der Waals surface area contributed by atoms with Crippen molar-refractivity contribution in [2.75, 3.05) is 13.7 Å². The van der Waals surface area contributed by atoms with Crippen LogP contribution in [0.5, 0.6) is 5.75 Å². The van der Waals surface area contributed by atoms with Crippen molar-refractivity contribution >= 4 is 0 Å². The number of aliphatic hydroxyl groups excluding tert-OH is 3. The van der Waals surface area contributed by atoms with Gasteiger partial charge in [0, 0.05) is 0 Å². The Balaban J connectivity index is 3.20. The molecular weight excluding hydrogens is 253 g/mol. The molecule has 0 spiro atoms. The number of benzene rings is 1. The number of ether oxygens (including phenoxy) is 1. The fraction of sp³-hybridized carbons (Fsp3) is 0.455. The molecule has 7 heteroatoms. The van der Waals surface area contributed by atoms with Crippen LogP contribution in [0.15, 0.2) is 18.2 Å². The average molecular weight is 266 g/mol. The van der Waals surface area contributed by atoms with Gasteiger partial charge in [-0.1, -0.05) is 0 Å². The number of hydrogen-bond acceptors (Lipinski definition) is 4. The van der Waals surface area contributed by atoms with E-state index in [4.69, 9.17) is 9.84 Å². The molecule has 1 aromatic rings. The molecule has 0 aliphatic carbocycles. The summed E-state index contributed by atoms with van der Waals surface area (Å²) in [6.07, 6.45) is -7.77. The summed E-state index contributed by atoms with van der Waals surface area (Å²) >= 11 is 0. The van der Waals surface area contributed by atoms with Gasteiger partial charge >= 0.3 is 6.18 Å². The molecule has 1 aromatic carbocycles. The van der Waals surface area contributed by atoms with Gasteiger partial charge in [-0.3, -0.25) is 0 Å². The third kappa shape index (κ3) is 3.34. The van der Waals surface area contributed by atoms with Crippen molar-refractivity contribution < 1.29 is 33.2 Å². The second-order valence-corrected chi connectivity index (χ2v) is 3.69. The Bertz CT molecular complexity index is 406. The molecule has 0 saturated carbocycles. The topological polar surface area (TPSA) is 69.9 Å². The van der Waals surface area contributed by atoms with E-state index in [1.807, 2.05) is 0 Å². The van der Waals surface area contributed by atoms with E-state index in [2.05, 4.69) is 0 Å². The number of rotatable bonds is 4. The Hall–Kier alpha value is -1.31. The fourth-order valence-corrected chi connectivity index (χ4v) is 1.40. The summed E-state index contributed by atoms with van der Waals surface area (Å²) < 4.78 is 42.4. The molecule has 3 N–H and O–H groups in total. The van der Waals surface area contributed by atoms with Crippen LogP contribution in [-0.2, 0) is 6.18 Å². The third-order valence-corrected chi connectivity index (χ3v) is 2.38. The first-order valence-electron chi connectivity index (χ1n) is 5.02. The molecule has 0 aliphatic rings. The van der Waals surface area contributed by atoms with Gasteiger partial charge in [-0.2, -0.15) is 13.2 Å². The number of halogens is 3. The molecule has 4 nitrogen and oxygen atoms in total. The molecule has 0 aromatic heterocycles. The average Bonchev–Trinajstić information content (AvgIpc) is 2.35. The molecule has 2 unspecified atom stereocenters. The van der Waals surface area contributed by atoms with Crippen LogP contribution in [0.2, 0.25) is 0 Å². The van der Waals surface area contributed by atoms with E-state index >= 15 is 0 Å². The summed E-state index contributed by atoms with van der Waals surface area (Å²) in [6.45, 7) is -0.764. The zero-order valence-corrected chi connectivity index (χ0v) is 9.48. The number of hydrogen-bond donors (Lipinski definition) is 3. The van der Waals surface area contributed by atoms with Crippen molar-refractivity contribution in [3.05, 3.63) is 29.3 Å². The van der Waals surface area contributed by atoms with Crippen molar-refractivity contribution in [3.63, 3.8) is 0 Å². The number of alkyl halides is 3. The quantitative estimate of drug-likeness (QED) is 0.763. The number of methoxy groups -OCH3 is 1. The van der Waals surface area contributed by atoms with Crippen molar-refractivity contribution in [2.45, 2.75) is 18.4 Å². The predicted molar refractivity (Wildman–Crippen MR) is 56.0 cm³/mol. The summed E-state index contributed by atoms with van der Waals surface area (Å²) in [5.41, 5.74) is -1.18. The van der Waals surface area contributed by atoms with Gasteiger partial charge in [0.1, 0.15) is 18.0 Å². The van der Waals surface area contributed by atoms with E-state index < -0.39 is 30.6 Å². The largest absolute Gasteiger partial charge is 0.497 e. The lowest BCUT2D eigenvalue weighted by Crippen LogP contribution is -2.22. The maximum atomic E-state index is 12.6. The van der Waals surface area contributed by atoms with Crippen LogP contribution in [0.1, 0.15) is 17.2 Å². The fourth-order valence-electron chi connectivity index (χ4n) is 1.40.